The number of fused-ring (bicyclic) bond motifs is 1. The molecule has 7 nitrogen and oxygen atoms in total. The third-order valence-electron chi connectivity index (χ3n) is 7.26. The Labute approximate surface area is 232 Å². The van der Waals surface area contributed by atoms with Crippen molar-refractivity contribution in [3.05, 3.63) is 87.2 Å². The third-order valence-corrected chi connectivity index (χ3v) is 7.69. The van der Waals surface area contributed by atoms with Gasteiger partial charge in [-0.25, -0.2) is 13.2 Å². The number of carbonyl (C=O) groups is 2. The number of anilines is 1. The van der Waals surface area contributed by atoms with E-state index in [2.05, 4.69) is 15.3 Å². The van der Waals surface area contributed by atoms with Gasteiger partial charge in [0.2, 0.25) is 5.60 Å². The minimum absolute atomic E-state index is 0.0109. The third kappa shape index (κ3) is 5.08. The number of hydrogen-bond donors (Lipinski definition) is 2. The minimum atomic E-state index is -2.92. The molecule has 2 aliphatic rings. The van der Waals surface area contributed by atoms with Crippen molar-refractivity contribution in [2.45, 2.75) is 43.8 Å². The molecule has 0 bridgehead atoms. The molecule has 1 unspecified atom stereocenters. The second-order valence-electron chi connectivity index (χ2n) is 9.70. The van der Waals surface area contributed by atoms with Crippen LogP contribution in [0.4, 0.5) is 18.9 Å². The highest BCUT2D eigenvalue weighted by Crippen LogP contribution is 2.46. The second kappa shape index (κ2) is 10.7. The molecule has 1 aliphatic carbocycles. The van der Waals surface area contributed by atoms with E-state index < -0.39 is 35.4 Å². The molecule has 2 N–H and O–H groups in total. The summed E-state index contributed by atoms with van der Waals surface area (Å²) in [6.45, 7) is 0.222. The highest BCUT2D eigenvalue weighted by molar-refractivity contribution is 6.31. The summed E-state index contributed by atoms with van der Waals surface area (Å²) in [5.74, 6) is -2.12. The van der Waals surface area contributed by atoms with Gasteiger partial charge in [0.05, 0.1) is 32.6 Å². The number of aromatic nitrogens is 2. The molecule has 1 saturated carbocycles. The molecule has 5 rings (SSSR count). The van der Waals surface area contributed by atoms with E-state index in [-0.39, 0.29) is 46.0 Å². The monoisotopic (exact) mass is 578 g/mol. The van der Waals surface area contributed by atoms with E-state index in [0.717, 1.165) is 6.20 Å². The van der Waals surface area contributed by atoms with Gasteiger partial charge in [-0.2, -0.15) is 0 Å². The number of halogens is 5. The van der Waals surface area contributed by atoms with Crippen LogP contribution in [-0.2, 0) is 10.4 Å². The average Bonchev–Trinajstić information content (AvgIpc) is 3.13. The van der Waals surface area contributed by atoms with Gasteiger partial charge >= 0.3 is 0 Å². The lowest BCUT2D eigenvalue weighted by Crippen LogP contribution is -2.45. The van der Waals surface area contributed by atoms with Crippen molar-refractivity contribution in [2.24, 2.45) is 5.92 Å². The molecule has 2 amide bonds. The minimum Gasteiger partial charge on any atom is -0.370 e. The first kappa shape index (κ1) is 27.4. The van der Waals surface area contributed by atoms with E-state index in [0.29, 0.717) is 30.7 Å². The van der Waals surface area contributed by atoms with Crippen LogP contribution in [0.5, 0.6) is 0 Å². The molecule has 39 heavy (non-hydrogen) atoms. The number of nitrogens with one attached hydrogen (secondary N) is 1. The maximum absolute atomic E-state index is 15.0. The van der Waals surface area contributed by atoms with Crippen LogP contribution in [0.15, 0.2) is 48.8 Å². The highest BCUT2D eigenvalue weighted by Gasteiger charge is 2.54. The Kier molecular flexibility index (Phi) is 7.54. The molecule has 0 spiro atoms. The van der Waals surface area contributed by atoms with Crippen molar-refractivity contribution in [2.75, 3.05) is 11.4 Å². The van der Waals surface area contributed by atoms with Gasteiger partial charge in [0.25, 0.3) is 18.2 Å². The van der Waals surface area contributed by atoms with Crippen LogP contribution < -0.4 is 10.2 Å². The Morgan fingerprint density at radius 3 is 2.49 bits per heavy atom. The fourth-order valence-corrected chi connectivity index (χ4v) is 5.60. The fraction of sp³-hybridized carbons (Fsp3) is 0.333. The Morgan fingerprint density at radius 2 is 1.82 bits per heavy atom. The van der Waals surface area contributed by atoms with Crippen LogP contribution in [0.1, 0.15) is 59.4 Å². The Bertz CT molecular complexity index is 1420. The quantitative estimate of drug-likeness (QED) is 0.406. The van der Waals surface area contributed by atoms with E-state index >= 15 is 0 Å². The first-order chi connectivity index (χ1) is 18.6. The fourth-order valence-electron chi connectivity index (χ4n) is 5.33. The summed E-state index contributed by atoms with van der Waals surface area (Å²) in [4.78, 5) is 35.4. The van der Waals surface area contributed by atoms with Crippen molar-refractivity contribution >= 4 is 40.7 Å². The van der Waals surface area contributed by atoms with Crippen molar-refractivity contribution in [3.8, 4) is 0 Å². The van der Waals surface area contributed by atoms with Gasteiger partial charge < -0.3 is 15.3 Å². The van der Waals surface area contributed by atoms with Gasteiger partial charge in [0.1, 0.15) is 11.5 Å². The van der Waals surface area contributed by atoms with Crippen LogP contribution in [0.3, 0.4) is 0 Å². The number of rotatable bonds is 6. The summed E-state index contributed by atoms with van der Waals surface area (Å²) < 4.78 is 41.6. The Hall–Kier alpha value is -3.21. The van der Waals surface area contributed by atoms with Crippen molar-refractivity contribution in [1.82, 2.24) is 15.3 Å². The molecule has 1 aliphatic heterocycles. The number of benzene rings is 1. The molecule has 1 fully saturated rings. The van der Waals surface area contributed by atoms with E-state index in [1.165, 1.54) is 41.4 Å². The predicted octanol–water partition coefficient (Wildman–Crippen LogP) is 5.43. The van der Waals surface area contributed by atoms with Gasteiger partial charge in [0.15, 0.2) is 0 Å². The van der Waals surface area contributed by atoms with Gasteiger partial charge in [-0.3, -0.25) is 19.6 Å². The molecular weight excluding hydrogens is 556 g/mol. The zero-order valence-electron chi connectivity index (χ0n) is 20.4. The van der Waals surface area contributed by atoms with Crippen LogP contribution in [0, 0.1) is 11.7 Å². The van der Waals surface area contributed by atoms with Crippen LogP contribution in [0.25, 0.3) is 0 Å². The Morgan fingerprint density at radius 1 is 1.10 bits per heavy atom. The molecule has 204 valence electrons. The lowest BCUT2D eigenvalue weighted by molar-refractivity contribution is -0.132. The normalized spacial score (nSPS) is 22.7. The first-order valence-corrected chi connectivity index (χ1v) is 13.0. The number of aliphatic hydroxyl groups is 1. The van der Waals surface area contributed by atoms with Crippen LogP contribution >= 0.6 is 23.2 Å². The molecule has 0 radical (unpaired) electrons. The number of pyridine rings is 2. The molecular formula is C27H23Cl2F3N4O3. The smallest absolute Gasteiger partial charge is 0.281 e. The lowest BCUT2D eigenvalue weighted by Gasteiger charge is -2.32. The maximum Gasteiger partial charge on any atom is 0.281 e. The highest BCUT2D eigenvalue weighted by atomic mass is 35.5. The molecule has 2 aromatic heterocycles. The summed E-state index contributed by atoms with van der Waals surface area (Å²) in [6, 6.07) is 7.99. The number of nitrogens with zero attached hydrogens (tertiary/aromatic N) is 3. The lowest BCUT2D eigenvalue weighted by atomic mass is 9.85. The molecule has 3 heterocycles. The summed E-state index contributed by atoms with van der Waals surface area (Å²) in [5, 5.41) is 14.7. The first-order valence-electron chi connectivity index (χ1n) is 12.3. The van der Waals surface area contributed by atoms with E-state index in [1.807, 2.05) is 0 Å². The average molecular weight is 579 g/mol. The SMILES string of the molecule is O=C(N[C@H]1CC[C@H](CN2C(=O)C(O)(c3ccc(Cl)cn3)c3c(F)cccc32)CC1)c1cc(Cl)cnc1C(F)F. The van der Waals surface area contributed by atoms with Gasteiger partial charge in [0, 0.05) is 25.0 Å². The number of carbonyl (C=O) groups excluding carboxylic acids is 2. The maximum atomic E-state index is 15.0. The molecule has 12 heteroatoms. The predicted molar refractivity (Wildman–Crippen MR) is 138 cm³/mol. The van der Waals surface area contributed by atoms with E-state index in [4.69, 9.17) is 23.2 Å². The second-order valence-corrected chi connectivity index (χ2v) is 10.6. The standard InChI is InChI=1S/C27H23Cl2F3N4O3/c28-15-6-9-21(33-11-15)27(39)22-19(30)2-1-3-20(22)36(26(27)38)13-14-4-7-17(8-5-14)35-25(37)18-10-16(29)12-34-23(18)24(31)32/h1-3,6,9-12,14,17,24,39H,4-5,7-8,13H2,(H,35,37)/t14-,17-,27?. The van der Waals surface area contributed by atoms with Crippen molar-refractivity contribution in [3.63, 3.8) is 0 Å². The largest absolute Gasteiger partial charge is 0.370 e. The summed E-state index contributed by atoms with van der Waals surface area (Å²) in [7, 11) is 0. The van der Waals surface area contributed by atoms with E-state index in [9.17, 15) is 27.9 Å². The summed E-state index contributed by atoms with van der Waals surface area (Å²) >= 11 is 11.8. The topological polar surface area (TPSA) is 95.4 Å². The molecule has 3 aromatic rings. The number of hydrogen-bond acceptors (Lipinski definition) is 5. The van der Waals surface area contributed by atoms with Gasteiger partial charge in [-0.1, -0.05) is 29.3 Å². The molecule has 0 saturated heterocycles. The number of amides is 2. The van der Waals surface area contributed by atoms with Crippen molar-refractivity contribution < 1.29 is 27.9 Å². The summed E-state index contributed by atoms with van der Waals surface area (Å²) in [5.41, 5.74) is -3.12. The van der Waals surface area contributed by atoms with Gasteiger partial charge in [-0.05, 0) is 61.9 Å². The zero-order valence-corrected chi connectivity index (χ0v) is 21.9. The van der Waals surface area contributed by atoms with Gasteiger partial charge in [-0.15, -0.1) is 0 Å². The molecule has 1 aromatic carbocycles. The van der Waals surface area contributed by atoms with Crippen LogP contribution in [-0.4, -0.2) is 39.5 Å². The molecule has 1 atom stereocenters. The Balaban J connectivity index is 1.29. The van der Waals surface area contributed by atoms with Crippen molar-refractivity contribution in [1.29, 1.82) is 0 Å². The summed E-state index contributed by atoms with van der Waals surface area (Å²) in [6.07, 6.45) is 1.71. The zero-order chi connectivity index (χ0) is 27.9. The van der Waals surface area contributed by atoms with E-state index in [1.54, 1.807) is 6.07 Å². The van der Waals surface area contributed by atoms with Crippen LogP contribution in [0.2, 0.25) is 10.0 Å². The number of alkyl halides is 2.